The van der Waals surface area contributed by atoms with Crippen LogP contribution in [0.15, 0.2) is 0 Å². The van der Waals surface area contributed by atoms with E-state index in [9.17, 15) is 9.59 Å². The number of carbonyl (C=O) groups is 2. The second-order valence-corrected chi connectivity index (χ2v) is 8.22. The summed E-state index contributed by atoms with van der Waals surface area (Å²) >= 11 is 0. The highest BCUT2D eigenvalue weighted by atomic mass is 16.5. The van der Waals surface area contributed by atoms with E-state index in [2.05, 4.69) is 25.7 Å². The molecule has 0 radical (unpaired) electrons. The minimum absolute atomic E-state index is 0.0707. The Bertz CT molecular complexity index is 452. The molecule has 2 rings (SSSR count). The molecule has 0 spiro atoms. The summed E-state index contributed by atoms with van der Waals surface area (Å²) in [6.45, 7) is 12.1. The van der Waals surface area contributed by atoms with E-state index < -0.39 is 0 Å². The standard InChI is InChI=1S/C20H36N2O3/c1-5-19(23)22-10-6-9-21(11-12-22)14-20(24)25-18-13-16(4)7-8-17(18)15(2)3/h15-18H,5-14H2,1-4H3. The molecule has 0 aromatic carbocycles. The highest BCUT2D eigenvalue weighted by Gasteiger charge is 2.33. The summed E-state index contributed by atoms with van der Waals surface area (Å²) in [5.74, 6) is 1.79. The molecule has 5 nitrogen and oxygen atoms in total. The maximum Gasteiger partial charge on any atom is 0.320 e. The Morgan fingerprint density at radius 3 is 2.56 bits per heavy atom. The van der Waals surface area contributed by atoms with Crippen molar-refractivity contribution in [1.29, 1.82) is 0 Å². The Balaban J connectivity index is 1.83. The molecule has 1 aliphatic heterocycles. The number of amides is 1. The molecule has 0 aromatic heterocycles. The lowest BCUT2D eigenvalue weighted by atomic mass is 9.75. The van der Waals surface area contributed by atoms with Crippen molar-refractivity contribution in [2.75, 3.05) is 32.7 Å². The number of esters is 1. The van der Waals surface area contributed by atoms with E-state index in [1.54, 1.807) is 0 Å². The van der Waals surface area contributed by atoms with Gasteiger partial charge in [-0.3, -0.25) is 14.5 Å². The van der Waals surface area contributed by atoms with Gasteiger partial charge in [-0.2, -0.15) is 0 Å². The highest BCUT2D eigenvalue weighted by Crippen LogP contribution is 2.35. The van der Waals surface area contributed by atoms with Gasteiger partial charge < -0.3 is 9.64 Å². The predicted molar refractivity (Wildman–Crippen MR) is 99.2 cm³/mol. The first-order valence-electron chi connectivity index (χ1n) is 10.1. The Labute approximate surface area is 153 Å². The molecule has 25 heavy (non-hydrogen) atoms. The lowest BCUT2D eigenvalue weighted by molar-refractivity contribution is -0.157. The number of rotatable bonds is 5. The zero-order valence-corrected chi connectivity index (χ0v) is 16.5. The zero-order chi connectivity index (χ0) is 18.4. The number of hydrogen-bond donors (Lipinski definition) is 0. The van der Waals surface area contributed by atoms with Crippen molar-refractivity contribution in [2.24, 2.45) is 17.8 Å². The molecule has 1 amide bonds. The third kappa shape index (κ3) is 5.98. The van der Waals surface area contributed by atoms with Gasteiger partial charge in [-0.05, 0) is 37.0 Å². The summed E-state index contributed by atoms with van der Waals surface area (Å²) in [5.41, 5.74) is 0. The molecule has 3 unspecified atom stereocenters. The zero-order valence-electron chi connectivity index (χ0n) is 16.5. The number of carbonyl (C=O) groups excluding carboxylic acids is 2. The van der Waals surface area contributed by atoms with E-state index in [0.717, 1.165) is 45.4 Å². The van der Waals surface area contributed by atoms with Crippen molar-refractivity contribution < 1.29 is 14.3 Å². The maximum absolute atomic E-state index is 12.5. The van der Waals surface area contributed by atoms with Crippen LogP contribution in [0, 0.1) is 17.8 Å². The molecule has 2 aliphatic rings. The largest absolute Gasteiger partial charge is 0.461 e. The van der Waals surface area contributed by atoms with Gasteiger partial charge >= 0.3 is 5.97 Å². The Morgan fingerprint density at radius 2 is 1.88 bits per heavy atom. The lowest BCUT2D eigenvalue weighted by Gasteiger charge is -2.37. The fraction of sp³-hybridized carbons (Fsp3) is 0.900. The average molecular weight is 353 g/mol. The molecule has 1 saturated carbocycles. The second kappa shape index (κ2) is 9.56. The topological polar surface area (TPSA) is 49.9 Å². The smallest absolute Gasteiger partial charge is 0.320 e. The third-order valence-electron chi connectivity index (χ3n) is 5.84. The van der Waals surface area contributed by atoms with Crippen LogP contribution < -0.4 is 0 Å². The average Bonchev–Trinajstić information content (AvgIpc) is 2.79. The van der Waals surface area contributed by atoms with Crippen LogP contribution in [0.5, 0.6) is 0 Å². The third-order valence-corrected chi connectivity index (χ3v) is 5.84. The summed E-state index contributed by atoms with van der Waals surface area (Å²) in [5, 5.41) is 0. The fourth-order valence-corrected chi connectivity index (χ4v) is 4.24. The fourth-order valence-electron chi connectivity index (χ4n) is 4.24. The normalized spacial score (nSPS) is 28.7. The molecule has 5 heteroatoms. The molecule has 0 bridgehead atoms. The summed E-state index contributed by atoms with van der Waals surface area (Å²) in [6.07, 6.45) is 4.94. The van der Waals surface area contributed by atoms with Crippen molar-refractivity contribution in [1.82, 2.24) is 9.80 Å². The van der Waals surface area contributed by atoms with Crippen LogP contribution in [0.4, 0.5) is 0 Å². The molecule has 1 heterocycles. The van der Waals surface area contributed by atoms with Gasteiger partial charge in [0.25, 0.3) is 0 Å². The summed E-state index contributed by atoms with van der Waals surface area (Å²) in [7, 11) is 0. The number of nitrogens with zero attached hydrogens (tertiary/aromatic N) is 2. The van der Waals surface area contributed by atoms with Crippen molar-refractivity contribution >= 4 is 11.9 Å². The van der Waals surface area contributed by atoms with Crippen LogP contribution in [0.1, 0.15) is 59.8 Å². The van der Waals surface area contributed by atoms with E-state index in [1.165, 1.54) is 6.42 Å². The molecule has 1 saturated heterocycles. The minimum atomic E-state index is -0.0972. The van der Waals surface area contributed by atoms with Crippen LogP contribution >= 0.6 is 0 Å². The van der Waals surface area contributed by atoms with Crippen LogP contribution in [-0.4, -0.2) is 60.5 Å². The monoisotopic (exact) mass is 352 g/mol. The second-order valence-electron chi connectivity index (χ2n) is 8.22. The Hall–Kier alpha value is -1.10. The van der Waals surface area contributed by atoms with Crippen LogP contribution in [-0.2, 0) is 14.3 Å². The minimum Gasteiger partial charge on any atom is -0.461 e. The Kier molecular flexibility index (Phi) is 7.73. The van der Waals surface area contributed by atoms with Crippen molar-refractivity contribution in [3.8, 4) is 0 Å². The van der Waals surface area contributed by atoms with Crippen molar-refractivity contribution in [3.05, 3.63) is 0 Å². The first kappa shape index (κ1) is 20.2. The summed E-state index contributed by atoms with van der Waals surface area (Å²) in [6, 6.07) is 0. The van der Waals surface area contributed by atoms with Crippen LogP contribution in [0.2, 0.25) is 0 Å². The lowest BCUT2D eigenvalue weighted by Crippen LogP contribution is -2.40. The molecular weight excluding hydrogens is 316 g/mol. The first-order valence-corrected chi connectivity index (χ1v) is 10.1. The SMILES string of the molecule is CCC(=O)N1CCCN(CC(=O)OC2CC(C)CCC2C(C)C)CC1. The predicted octanol–water partition coefficient (Wildman–Crippen LogP) is 2.93. The Morgan fingerprint density at radius 1 is 1.12 bits per heavy atom. The maximum atomic E-state index is 12.5. The number of hydrogen-bond acceptors (Lipinski definition) is 4. The van der Waals surface area contributed by atoms with Gasteiger partial charge in [0.05, 0.1) is 6.54 Å². The molecule has 0 N–H and O–H groups in total. The van der Waals surface area contributed by atoms with Crippen LogP contribution in [0.25, 0.3) is 0 Å². The van der Waals surface area contributed by atoms with Gasteiger partial charge in [0, 0.05) is 32.6 Å². The van der Waals surface area contributed by atoms with Gasteiger partial charge in [-0.1, -0.05) is 34.1 Å². The van der Waals surface area contributed by atoms with Crippen molar-refractivity contribution in [2.45, 2.75) is 65.9 Å². The van der Waals surface area contributed by atoms with Gasteiger partial charge in [0.1, 0.15) is 6.10 Å². The van der Waals surface area contributed by atoms with E-state index in [4.69, 9.17) is 4.74 Å². The first-order chi connectivity index (χ1) is 11.9. The highest BCUT2D eigenvalue weighted by molar-refractivity contribution is 5.76. The summed E-state index contributed by atoms with van der Waals surface area (Å²) < 4.78 is 5.91. The van der Waals surface area contributed by atoms with Gasteiger partial charge in [-0.15, -0.1) is 0 Å². The molecule has 2 fully saturated rings. The molecule has 144 valence electrons. The molecule has 3 atom stereocenters. The van der Waals surface area contributed by atoms with E-state index in [1.807, 2.05) is 11.8 Å². The van der Waals surface area contributed by atoms with Crippen molar-refractivity contribution in [3.63, 3.8) is 0 Å². The van der Waals surface area contributed by atoms with E-state index in [-0.39, 0.29) is 18.0 Å². The number of ether oxygens (including phenoxy) is 1. The van der Waals surface area contributed by atoms with Crippen LogP contribution in [0.3, 0.4) is 0 Å². The van der Waals surface area contributed by atoms with Gasteiger partial charge in [-0.25, -0.2) is 0 Å². The molecule has 1 aliphatic carbocycles. The van der Waals surface area contributed by atoms with E-state index >= 15 is 0 Å². The van der Waals surface area contributed by atoms with E-state index in [0.29, 0.717) is 30.7 Å². The quantitative estimate of drug-likeness (QED) is 0.714. The summed E-state index contributed by atoms with van der Waals surface area (Å²) in [4.78, 5) is 28.4. The molecular formula is C20H36N2O3. The van der Waals surface area contributed by atoms with Gasteiger partial charge in [0.2, 0.25) is 5.91 Å². The van der Waals surface area contributed by atoms with Gasteiger partial charge in [0.15, 0.2) is 0 Å². The molecule has 0 aromatic rings.